The van der Waals surface area contributed by atoms with Crippen molar-refractivity contribution in [3.63, 3.8) is 0 Å². The van der Waals surface area contributed by atoms with Gasteiger partial charge in [0, 0.05) is 31.2 Å². The van der Waals surface area contributed by atoms with Crippen molar-refractivity contribution in [2.75, 3.05) is 23.8 Å². The molecule has 0 unspecified atom stereocenters. The van der Waals surface area contributed by atoms with Gasteiger partial charge in [-0.15, -0.1) is 0 Å². The summed E-state index contributed by atoms with van der Waals surface area (Å²) < 4.78 is 13.6. The number of anilines is 2. The third kappa shape index (κ3) is 3.10. The first-order chi connectivity index (χ1) is 14.1. The average molecular weight is 392 g/mol. The van der Waals surface area contributed by atoms with E-state index in [0.717, 1.165) is 28.7 Å². The van der Waals surface area contributed by atoms with Crippen LogP contribution >= 0.6 is 0 Å². The van der Waals surface area contributed by atoms with Crippen LogP contribution < -0.4 is 25.8 Å². The van der Waals surface area contributed by atoms with Crippen LogP contribution in [0.2, 0.25) is 0 Å². The van der Waals surface area contributed by atoms with Crippen molar-refractivity contribution < 1.29 is 14.3 Å². The Morgan fingerprint density at radius 2 is 1.93 bits per heavy atom. The van der Waals surface area contributed by atoms with E-state index < -0.39 is 6.17 Å². The van der Waals surface area contributed by atoms with Crippen molar-refractivity contribution in [3.05, 3.63) is 42.0 Å². The molecule has 0 bridgehead atoms. The van der Waals surface area contributed by atoms with E-state index in [1.807, 2.05) is 41.0 Å². The SMILES string of the molecule is CC(=O)Nc1ccc([C@@H]2N=C(N)Nc3nc4cc5c(cc4n32)OCCCO5)cc1. The number of imidazole rings is 1. The van der Waals surface area contributed by atoms with Gasteiger partial charge in [-0.05, 0) is 17.7 Å². The molecule has 0 saturated carbocycles. The summed E-state index contributed by atoms with van der Waals surface area (Å²) in [6.45, 7) is 2.70. The second-order valence-electron chi connectivity index (χ2n) is 6.96. The molecule has 29 heavy (non-hydrogen) atoms. The van der Waals surface area contributed by atoms with Crippen molar-refractivity contribution in [1.29, 1.82) is 0 Å². The maximum Gasteiger partial charge on any atom is 0.221 e. The molecule has 1 aromatic heterocycles. The number of nitrogens with two attached hydrogens (primary N) is 1. The summed E-state index contributed by atoms with van der Waals surface area (Å²) in [5.41, 5.74) is 9.28. The summed E-state index contributed by atoms with van der Waals surface area (Å²) in [4.78, 5) is 20.5. The summed E-state index contributed by atoms with van der Waals surface area (Å²) in [7, 11) is 0. The van der Waals surface area contributed by atoms with Gasteiger partial charge in [0.15, 0.2) is 23.6 Å². The molecular weight excluding hydrogens is 372 g/mol. The van der Waals surface area contributed by atoms with Gasteiger partial charge >= 0.3 is 0 Å². The Balaban J connectivity index is 1.61. The molecule has 1 atom stereocenters. The Morgan fingerprint density at radius 3 is 2.66 bits per heavy atom. The normalized spacial score (nSPS) is 17.7. The Labute approximate surface area is 166 Å². The molecule has 5 rings (SSSR count). The number of aliphatic imine (C=N–C) groups is 1. The van der Waals surface area contributed by atoms with Gasteiger partial charge in [-0.3, -0.25) is 14.7 Å². The van der Waals surface area contributed by atoms with E-state index in [2.05, 4.69) is 20.6 Å². The van der Waals surface area contributed by atoms with Gasteiger partial charge in [0.1, 0.15) is 0 Å². The van der Waals surface area contributed by atoms with Crippen molar-refractivity contribution in [2.45, 2.75) is 19.5 Å². The number of guanidine groups is 1. The number of hydrogen-bond acceptors (Lipinski definition) is 7. The van der Waals surface area contributed by atoms with Crippen molar-refractivity contribution in [3.8, 4) is 11.5 Å². The first-order valence-corrected chi connectivity index (χ1v) is 9.38. The number of amides is 1. The number of carbonyl (C=O) groups is 1. The molecule has 0 spiro atoms. The Hall–Kier alpha value is -3.75. The van der Waals surface area contributed by atoms with Gasteiger partial charge in [-0.25, -0.2) is 9.98 Å². The van der Waals surface area contributed by atoms with Crippen molar-refractivity contribution in [1.82, 2.24) is 9.55 Å². The molecule has 3 heterocycles. The summed E-state index contributed by atoms with van der Waals surface area (Å²) in [5.74, 6) is 2.16. The molecule has 2 aliphatic heterocycles. The number of carbonyl (C=O) groups excluding carboxylic acids is 1. The minimum absolute atomic E-state index is 0.118. The molecule has 0 saturated heterocycles. The number of nitrogens with zero attached hydrogens (tertiary/aromatic N) is 3. The van der Waals surface area contributed by atoms with Crippen LogP contribution in [0.1, 0.15) is 25.1 Å². The zero-order valence-corrected chi connectivity index (χ0v) is 15.8. The largest absolute Gasteiger partial charge is 0.489 e. The summed E-state index contributed by atoms with van der Waals surface area (Å²) in [6.07, 6.45) is 0.441. The highest BCUT2D eigenvalue weighted by Crippen LogP contribution is 2.39. The van der Waals surface area contributed by atoms with Crippen molar-refractivity contribution in [2.24, 2.45) is 10.7 Å². The molecule has 3 aromatic rings. The second-order valence-corrected chi connectivity index (χ2v) is 6.96. The smallest absolute Gasteiger partial charge is 0.221 e. The highest BCUT2D eigenvalue weighted by atomic mass is 16.5. The monoisotopic (exact) mass is 392 g/mol. The third-order valence-corrected chi connectivity index (χ3v) is 4.83. The Bertz CT molecular complexity index is 1140. The number of fused-ring (bicyclic) bond motifs is 4. The van der Waals surface area contributed by atoms with Gasteiger partial charge in [0.05, 0.1) is 24.2 Å². The van der Waals surface area contributed by atoms with Crippen molar-refractivity contribution >= 4 is 34.5 Å². The maximum absolute atomic E-state index is 11.3. The van der Waals surface area contributed by atoms with Crippen LogP contribution in [0.4, 0.5) is 11.6 Å². The van der Waals surface area contributed by atoms with Crippen LogP contribution in [0.3, 0.4) is 0 Å². The summed E-state index contributed by atoms with van der Waals surface area (Å²) in [6, 6.07) is 11.3. The van der Waals surface area contributed by atoms with Gasteiger partial charge in [-0.2, -0.15) is 0 Å². The first-order valence-electron chi connectivity index (χ1n) is 9.38. The van der Waals surface area contributed by atoms with E-state index in [1.54, 1.807) is 0 Å². The molecule has 2 aromatic carbocycles. The fraction of sp³-hybridized carbons (Fsp3) is 0.250. The molecule has 148 valence electrons. The zero-order valence-electron chi connectivity index (χ0n) is 15.8. The number of nitrogens with one attached hydrogen (secondary N) is 2. The molecule has 9 heteroatoms. The van der Waals surface area contributed by atoms with Crippen LogP contribution in [0.15, 0.2) is 41.4 Å². The van der Waals surface area contributed by atoms with Crippen LogP contribution in [0, 0.1) is 0 Å². The first kappa shape index (κ1) is 17.4. The fourth-order valence-corrected chi connectivity index (χ4v) is 3.59. The number of ether oxygens (including phenoxy) is 2. The Morgan fingerprint density at radius 1 is 1.21 bits per heavy atom. The molecule has 2 aliphatic rings. The predicted octanol–water partition coefficient (Wildman–Crippen LogP) is 2.44. The lowest BCUT2D eigenvalue weighted by molar-refractivity contribution is -0.114. The van der Waals surface area contributed by atoms with Crippen LogP contribution in [-0.2, 0) is 4.79 Å². The van der Waals surface area contributed by atoms with Crippen LogP contribution in [-0.4, -0.2) is 34.6 Å². The lowest BCUT2D eigenvalue weighted by Gasteiger charge is -2.24. The van der Waals surface area contributed by atoms with E-state index in [9.17, 15) is 4.79 Å². The lowest BCUT2D eigenvalue weighted by atomic mass is 10.1. The number of benzene rings is 2. The maximum atomic E-state index is 11.3. The predicted molar refractivity (Wildman–Crippen MR) is 109 cm³/mol. The van der Waals surface area contributed by atoms with Gasteiger partial charge in [0.25, 0.3) is 0 Å². The number of rotatable bonds is 2. The lowest BCUT2D eigenvalue weighted by Crippen LogP contribution is -2.31. The summed E-state index contributed by atoms with van der Waals surface area (Å²) >= 11 is 0. The quantitative estimate of drug-likeness (QED) is 0.617. The van der Waals surface area contributed by atoms with Crippen LogP contribution in [0.25, 0.3) is 11.0 Å². The molecule has 1 amide bonds. The topological polar surface area (TPSA) is 116 Å². The molecule has 4 N–H and O–H groups in total. The summed E-state index contributed by atoms with van der Waals surface area (Å²) in [5, 5.41) is 5.80. The molecule has 0 radical (unpaired) electrons. The average Bonchev–Trinajstić information content (AvgIpc) is 2.87. The van der Waals surface area contributed by atoms with Gasteiger partial charge in [-0.1, -0.05) is 12.1 Å². The van der Waals surface area contributed by atoms with Crippen LogP contribution in [0.5, 0.6) is 11.5 Å². The molecule has 9 nitrogen and oxygen atoms in total. The third-order valence-electron chi connectivity index (χ3n) is 4.83. The van der Waals surface area contributed by atoms with E-state index in [0.29, 0.717) is 30.7 Å². The Kier molecular flexibility index (Phi) is 4.01. The molecule has 0 fully saturated rings. The highest BCUT2D eigenvalue weighted by molar-refractivity contribution is 5.95. The van der Waals surface area contributed by atoms with E-state index in [1.165, 1.54) is 6.92 Å². The number of hydrogen-bond donors (Lipinski definition) is 3. The van der Waals surface area contributed by atoms with Gasteiger partial charge < -0.3 is 20.5 Å². The minimum Gasteiger partial charge on any atom is -0.489 e. The molecular formula is C20H20N6O3. The second kappa shape index (κ2) is 6.69. The number of aromatic nitrogens is 2. The highest BCUT2D eigenvalue weighted by Gasteiger charge is 2.27. The zero-order chi connectivity index (χ0) is 20.0. The van der Waals surface area contributed by atoms with E-state index >= 15 is 0 Å². The molecule has 0 aliphatic carbocycles. The van der Waals surface area contributed by atoms with Gasteiger partial charge in [0.2, 0.25) is 11.9 Å². The fourth-order valence-electron chi connectivity index (χ4n) is 3.59. The van der Waals surface area contributed by atoms with E-state index in [-0.39, 0.29) is 11.9 Å². The standard InChI is InChI=1S/C20H20N6O3/c1-11(27)22-13-5-3-12(4-6-13)18-24-19(21)25-20-23-14-9-16-17(10-15(14)26(18)20)29-8-2-7-28-16/h3-6,9-10,18H,2,7-8H2,1H3,(H,22,27)(H3,21,23,24,25)/t18-/m1/s1. The van der Waals surface area contributed by atoms with E-state index in [4.69, 9.17) is 15.2 Å². The minimum atomic E-state index is -0.396.